The van der Waals surface area contributed by atoms with E-state index >= 15 is 0 Å². The summed E-state index contributed by atoms with van der Waals surface area (Å²) < 4.78 is 10.7. The summed E-state index contributed by atoms with van der Waals surface area (Å²) in [7, 11) is 3.23. The van der Waals surface area contributed by atoms with E-state index in [-0.39, 0.29) is 12.5 Å². The number of likely N-dealkylation sites (N-methyl/N-ethyl adjacent to an activating group) is 1. The van der Waals surface area contributed by atoms with Gasteiger partial charge in [-0.3, -0.25) is 9.59 Å². The zero-order valence-corrected chi connectivity index (χ0v) is 14.8. The lowest BCUT2D eigenvalue weighted by atomic mass is 10.1. The number of carbonyl (C=O) groups excluding carboxylic acids is 2. The molecule has 0 radical (unpaired) electrons. The molecule has 0 fully saturated rings. The quantitative estimate of drug-likeness (QED) is 0.692. The highest BCUT2D eigenvalue weighted by Gasteiger charge is 2.12. The summed E-state index contributed by atoms with van der Waals surface area (Å²) in [5, 5.41) is 0. The van der Waals surface area contributed by atoms with Gasteiger partial charge in [0, 0.05) is 19.2 Å². The number of hydrogen-bond donors (Lipinski definition) is 0. The minimum atomic E-state index is -0.138. The summed E-state index contributed by atoms with van der Waals surface area (Å²) in [4.78, 5) is 24.7. The average molecular weight is 341 g/mol. The van der Waals surface area contributed by atoms with Crippen molar-refractivity contribution < 1.29 is 19.1 Å². The monoisotopic (exact) mass is 341 g/mol. The van der Waals surface area contributed by atoms with E-state index < -0.39 is 0 Å². The topological polar surface area (TPSA) is 55.8 Å². The highest BCUT2D eigenvalue weighted by molar-refractivity contribution is 5.78. The van der Waals surface area contributed by atoms with Crippen molar-refractivity contribution in [2.45, 2.75) is 19.9 Å². The van der Waals surface area contributed by atoms with E-state index in [9.17, 15) is 9.59 Å². The zero-order valence-electron chi connectivity index (χ0n) is 14.8. The SMILES string of the molecule is CCc1ccc(CN(C)C(=O)COc2ccc(C=O)cc2OC)cc1. The molecule has 2 aromatic rings. The van der Waals surface area contributed by atoms with Crippen molar-refractivity contribution in [3.8, 4) is 11.5 Å². The highest BCUT2D eigenvalue weighted by atomic mass is 16.5. The normalized spacial score (nSPS) is 10.2. The second-order valence-corrected chi connectivity index (χ2v) is 5.74. The van der Waals surface area contributed by atoms with E-state index in [1.165, 1.54) is 12.7 Å². The van der Waals surface area contributed by atoms with Gasteiger partial charge in [-0.05, 0) is 35.7 Å². The van der Waals surface area contributed by atoms with E-state index in [0.29, 0.717) is 23.6 Å². The first-order valence-electron chi connectivity index (χ1n) is 8.15. The Bertz CT molecular complexity index is 725. The number of hydrogen-bond acceptors (Lipinski definition) is 4. The summed E-state index contributed by atoms with van der Waals surface area (Å²) in [6, 6.07) is 13.0. The fraction of sp³-hybridized carbons (Fsp3) is 0.300. The van der Waals surface area contributed by atoms with E-state index in [1.807, 2.05) is 12.1 Å². The fourth-order valence-electron chi connectivity index (χ4n) is 2.37. The highest BCUT2D eigenvalue weighted by Crippen LogP contribution is 2.27. The van der Waals surface area contributed by atoms with Crippen molar-refractivity contribution in [2.75, 3.05) is 20.8 Å². The first kappa shape index (κ1) is 18.5. The Kier molecular flexibility index (Phi) is 6.57. The molecule has 0 aliphatic heterocycles. The lowest BCUT2D eigenvalue weighted by molar-refractivity contribution is -0.132. The van der Waals surface area contributed by atoms with Crippen molar-refractivity contribution in [1.29, 1.82) is 0 Å². The molecule has 5 heteroatoms. The molecular weight excluding hydrogens is 318 g/mol. The third-order valence-corrected chi connectivity index (χ3v) is 3.95. The van der Waals surface area contributed by atoms with Crippen molar-refractivity contribution in [1.82, 2.24) is 4.90 Å². The van der Waals surface area contributed by atoms with Gasteiger partial charge >= 0.3 is 0 Å². The van der Waals surface area contributed by atoms with Crippen LogP contribution in [0.15, 0.2) is 42.5 Å². The van der Waals surface area contributed by atoms with Crippen LogP contribution in [0.5, 0.6) is 11.5 Å². The van der Waals surface area contributed by atoms with Gasteiger partial charge in [0.25, 0.3) is 5.91 Å². The minimum Gasteiger partial charge on any atom is -0.493 e. The van der Waals surface area contributed by atoms with Crippen LogP contribution in [0, 0.1) is 0 Å². The Morgan fingerprint density at radius 3 is 2.36 bits per heavy atom. The third kappa shape index (κ3) is 5.08. The van der Waals surface area contributed by atoms with E-state index in [1.54, 1.807) is 30.1 Å². The van der Waals surface area contributed by atoms with E-state index in [2.05, 4.69) is 19.1 Å². The number of ether oxygens (including phenoxy) is 2. The molecule has 2 aromatic carbocycles. The average Bonchev–Trinajstić information content (AvgIpc) is 2.66. The minimum absolute atomic E-state index is 0.0969. The maximum Gasteiger partial charge on any atom is 0.260 e. The standard InChI is InChI=1S/C20H23NO4/c1-4-15-5-7-16(8-6-15)12-21(2)20(23)14-25-18-10-9-17(13-22)11-19(18)24-3/h5-11,13H,4,12,14H2,1-3H3. The summed E-state index contributed by atoms with van der Waals surface area (Å²) in [5.74, 6) is 0.721. The fourth-order valence-corrected chi connectivity index (χ4v) is 2.37. The molecule has 0 aromatic heterocycles. The summed E-state index contributed by atoms with van der Waals surface area (Å²) >= 11 is 0. The van der Waals surface area contributed by atoms with Gasteiger partial charge in [-0.2, -0.15) is 0 Å². The molecule has 0 saturated heterocycles. The lowest BCUT2D eigenvalue weighted by Crippen LogP contribution is -2.31. The van der Waals surface area contributed by atoms with Crippen LogP contribution in [0.4, 0.5) is 0 Å². The molecule has 0 atom stereocenters. The molecule has 0 saturated carbocycles. The molecule has 0 aliphatic rings. The van der Waals surface area contributed by atoms with Gasteiger partial charge in [-0.1, -0.05) is 31.2 Å². The number of amides is 1. The number of nitrogens with zero attached hydrogens (tertiary/aromatic N) is 1. The van der Waals surface area contributed by atoms with Crippen LogP contribution in [-0.2, 0) is 17.8 Å². The Balaban J connectivity index is 1.93. The molecule has 0 unspecified atom stereocenters. The first-order valence-corrected chi connectivity index (χ1v) is 8.15. The molecule has 0 bridgehead atoms. The molecule has 2 rings (SSSR count). The Morgan fingerprint density at radius 1 is 1.08 bits per heavy atom. The number of carbonyl (C=O) groups is 2. The maximum absolute atomic E-state index is 12.3. The summed E-state index contributed by atoms with van der Waals surface area (Å²) in [6.45, 7) is 2.53. The van der Waals surface area contributed by atoms with Crippen LogP contribution < -0.4 is 9.47 Å². The molecule has 0 aliphatic carbocycles. The van der Waals surface area contributed by atoms with Gasteiger partial charge in [-0.15, -0.1) is 0 Å². The molecule has 0 spiro atoms. The van der Waals surface area contributed by atoms with E-state index in [4.69, 9.17) is 9.47 Å². The Morgan fingerprint density at radius 2 is 1.76 bits per heavy atom. The van der Waals surface area contributed by atoms with Gasteiger partial charge < -0.3 is 14.4 Å². The number of rotatable bonds is 8. The Labute approximate surface area is 148 Å². The summed E-state index contributed by atoms with van der Waals surface area (Å²) in [5.41, 5.74) is 2.83. The van der Waals surface area contributed by atoms with Crippen LogP contribution >= 0.6 is 0 Å². The predicted molar refractivity (Wildman–Crippen MR) is 96.2 cm³/mol. The lowest BCUT2D eigenvalue weighted by Gasteiger charge is -2.18. The van der Waals surface area contributed by atoms with Gasteiger partial charge in [0.15, 0.2) is 18.1 Å². The Hall–Kier alpha value is -2.82. The summed E-state index contributed by atoms with van der Waals surface area (Å²) in [6.07, 6.45) is 1.72. The van der Waals surface area contributed by atoms with Gasteiger partial charge in [0.05, 0.1) is 7.11 Å². The number of aldehydes is 1. The second kappa shape index (κ2) is 8.87. The second-order valence-electron chi connectivity index (χ2n) is 5.74. The van der Waals surface area contributed by atoms with Crippen LogP contribution in [-0.4, -0.2) is 37.9 Å². The molecule has 25 heavy (non-hydrogen) atoms. The zero-order chi connectivity index (χ0) is 18.2. The molecular formula is C20H23NO4. The largest absolute Gasteiger partial charge is 0.493 e. The third-order valence-electron chi connectivity index (χ3n) is 3.95. The number of benzene rings is 2. The van der Waals surface area contributed by atoms with Crippen molar-refractivity contribution >= 4 is 12.2 Å². The smallest absolute Gasteiger partial charge is 0.260 e. The molecule has 132 valence electrons. The predicted octanol–water partition coefficient (Wildman–Crippen LogP) is 3.11. The van der Waals surface area contributed by atoms with Crippen LogP contribution in [0.2, 0.25) is 0 Å². The van der Waals surface area contributed by atoms with Crippen molar-refractivity contribution in [3.63, 3.8) is 0 Å². The maximum atomic E-state index is 12.3. The van der Waals surface area contributed by atoms with Gasteiger partial charge in [0.2, 0.25) is 0 Å². The van der Waals surface area contributed by atoms with Crippen molar-refractivity contribution in [2.24, 2.45) is 0 Å². The first-order chi connectivity index (χ1) is 12.1. The molecule has 5 nitrogen and oxygen atoms in total. The molecule has 1 amide bonds. The van der Waals surface area contributed by atoms with Gasteiger partial charge in [-0.25, -0.2) is 0 Å². The van der Waals surface area contributed by atoms with Crippen molar-refractivity contribution in [3.05, 3.63) is 59.2 Å². The number of methoxy groups -OCH3 is 1. The molecule has 0 N–H and O–H groups in total. The van der Waals surface area contributed by atoms with Crippen LogP contribution in [0.25, 0.3) is 0 Å². The number of aryl methyl sites for hydroxylation is 1. The molecule has 0 heterocycles. The van der Waals surface area contributed by atoms with E-state index in [0.717, 1.165) is 18.3 Å². The van der Waals surface area contributed by atoms with Crippen LogP contribution in [0.1, 0.15) is 28.4 Å². The van der Waals surface area contributed by atoms with Gasteiger partial charge in [0.1, 0.15) is 6.29 Å². The van der Waals surface area contributed by atoms with Crippen LogP contribution in [0.3, 0.4) is 0 Å².